The standard InChI is InChI=1S/C13H13F2N3O3/c1-18-8(6-16-12(18)13(19)17-21-3)7-4-5-9(20-2)11(15)10(7)14/h4-6H,1-3H3,(H,17,19). The number of imidazole rings is 1. The number of rotatable bonds is 4. The van der Waals surface area contributed by atoms with Crippen LogP contribution in [0.2, 0.25) is 0 Å². The number of halogens is 2. The van der Waals surface area contributed by atoms with Crippen LogP contribution in [0.25, 0.3) is 11.3 Å². The summed E-state index contributed by atoms with van der Waals surface area (Å²) in [5, 5.41) is 0. The first-order chi connectivity index (χ1) is 10.0. The van der Waals surface area contributed by atoms with Crippen molar-refractivity contribution < 1.29 is 23.1 Å². The van der Waals surface area contributed by atoms with Crippen LogP contribution in [0.1, 0.15) is 10.6 Å². The van der Waals surface area contributed by atoms with Crippen LogP contribution in [-0.2, 0) is 11.9 Å². The molecule has 0 aliphatic heterocycles. The molecule has 0 spiro atoms. The van der Waals surface area contributed by atoms with Crippen LogP contribution in [0.5, 0.6) is 5.75 Å². The highest BCUT2D eigenvalue weighted by Crippen LogP contribution is 2.29. The van der Waals surface area contributed by atoms with E-state index in [2.05, 4.69) is 15.3 Å². The van der Waals surface area contributed by atoms with E-state index in [1.54, 1.807) is 0 Å². The quantitative estimate of drug-likeness (QED) is 0.872. The van der Waals surface area contributed by atoms with Crippen molar-refractivity contribution in [3.05, 3.63) is 35.8 Å². The largest absolute Gasteiger partial charge is 0.494 e. The SMILES string of the molecule is CONC(=O)c1ncc(-c2ccc(OC)c(F)c2F)n1C. The minimum absolute atomic E-state index is 0.00229. The average Bonchev–Trinajstić information content (AvgIpc) is 2.84. The van der Waals surface area contributed by atoms with E-state index >= 15 is 0 Å². The van der Waals surface area contributed by atoms with Gasteiger partial charge in [0.1, 0.15) is 0 Å². The molecule has 1 aromatic heterocycles. The lowest BCUT2D eigenvalue weighted by Gasteiger charge is -2.09. The number of nitrogens with one attached hydrogen (secondary N) is 1. The van der Waals surface area contributed by atoms with Crippen LogP contribution >= 0.6 is 0 Å². The van der Waals surface area contributed by atoms with Gasteiger partial charge >= 0.3 is 5.91 Å². The molecule has 1 amide bonds. The molecule has 6 nitrogen and oxygen atoms in total. The Hall–Kier alpha value is -2.48. The van der Waals surface area contributed by atoms with Gasteiger partial charge in [0.25, 0.3) is 0 Å². The van der Waals surface area contributed by atoms with Crippen LogP contribution in [-0.4, -0.2) is 29.7 Å². The molecule has 112 valence electrons. The maximum atomic E-state index is 14.1. The zero-order valence-corrected chi connectivity index (χ0v) is 11.6. The Kier molecular flexibility index (Phi) is 4.18. The predicted molar refractivity (Wildman–Crippen MR) is 69.6 cm³/mol. The van der Waals surface area contributed by atoms with Gasteiger partial charge in [-0.25, -0.2) is 14.9 Å². The van der Waals surface area contributed by atoms with Gasteiger partial charge in [-0.05, 0) is 12.1 Å². The second-order valence-electron chi connectivity index (χ2n) is 4.10. The fourth-order valence-corrected chi connectivity index (χ4v) is 1.90. The highest BCUT2D eigenvalue weighted by atomic mass is 19.2. The summed E-state index contributed by atoms with van der Waals surface area (Å²) in [5.74, 6) is -2.96. The lowest BCUT2D eigenvalue weighted by atomic mass is 10.1. The molecule has 0 saturated heterocycles. The van der Waals surface area contributed by atoms with Gasteiger partial charge in [-0.15, -0.1) is 0 Å². The number of nitrogens with zero attached hydrogens (tertiary/aromatic N) is 2. The van der Waals surface area contributed by atoms with Gasteiger partial charge in [-0.2, -0.15) is 4.39 Å². The normalized spacial score (nSPS) is 10.5. The predicted octanol–water partition coefficient (Wildman–Crippen LogP) is 1.67. The third-order valence-electron chi connectivity index (χ3n) is 2.93. The topological polar surface area (TPSA) is 65.4 Å². The summed E-state index contributed by atoms with van der Waals surface area (Å²) in [5.41, 5.74) is 2.32. The van der Waals surface area contributed by atoms with Gasteiger partial charge in [0, 0.05) is 12.6 Å². The lowest BCUT2D eigenvalue weighted by Crippen LogP contribution is -2.25. The molecule has 0 saturated carbocycles. The fraction of sp³-hybridized carbons (Fsp3) is 0.231. The van der Waals surface area contributed by atoms with Gasteiger partial charge in [0.15, 0.2) is 11.6 Å². The number of hydroxylamine groups is 1. The Morgan fingerprint density at radius 3 is 2.62 bits per heavy atom. The Balaban J connectivity index is 2.49. The second-order valence-corrected chi connectivity index (χ2v) is 4.10. The van der Waals surface area contributed by atoms with Gasteiger partial charge in [0.05, 0.1) is 26.1 Å². The van der Waals surface area contributed by atoms with Crippen LogP contribution < -0.4 is 10.2 Å². The van der Waals surface area contributed by atoms with Crippen molar-refractivity contribution in [3.63, 3.8) is 0 Å². The number of hydrogen-bond donors (Lipinski definition) is 1. The van der Waals surface area contributed by atoms with Crippen molar-refractivity contribution in [1.29, 1.82) is 0 Å². The van der Waals surface area contributed by atoms with Crippen molar-refractivity contribution in [2.75, 3.05) is 14.2 Å². The molecule has 0 aliphatic carbocycles. The van der Waals surface area contributed by atoms with Crippen LogP contribution in [0, 0.1) is 11.6 Å². The van der Waals surface area contributed by atoms with E-state index < -0.39 is 17.5 Å². The van der Waals surface area contributed by atoms with Crippen molar-refractivity contribution in [2.24, 2.45) is 7.05 Å². The third kappa shape index (κ3) is 2.57. The zero-order valence-electron chi connectivity index (χ0n) is 11.6. The first-order valence-corrected chi connectivity index (χ1v) is 5.88. The molecular weight excluding hydrogens is 284 g/mol. The average molecular weight is 297 g/mol. The van der Waals surface area contributed by atoms with Crippen molar-refractivity contribution in [3.8, 4) is 17.0 Å². The van der Waals surface area contributed by atoms with Gasteiger partial charge < -0.3 is 9.30 Å². The molecule has 8 heteroatoms. The summed E-state index contributed by atoms with van der Waals surface area (Å²) >= 11 is 0. The van der Waals surface area contributed by atoms with E-state index in [1.807, 2.05) is 0 Å². The molecule has 21 heavy (non-hydrogen) atoms. The van der Waals surface area contributed by atoms with E-state index in [0.29, 0.717) is 0 Å². The highest BCUT2D eigenvalue weighted by molar-refractivity contribution is 5.90. The monoisotopic (exact) mass is 297 g/mol. The van der Waals surface area contributed by atoms with E-state index in [9.17, 15) is 13.6 Å². The summed E-state index contributed by atoms with van der Waals surface area (Å²) in [6.07, 6.45) is 1.27. The van der Waals surface area contributed by atoms with Crippen LogP contribution in [0.3, 0.4) is 0 Å². The van der Waals surface area contributed by atoms with Crippen LogP contribution in [0.15, 0.2) is 18.3 Å². The van der Waals surface area contributed by atoms with Crippen LogP contribution in [0.4, 0.5) is 8.78 Å². The minimum atomic E-state index is -1.10. The molecule has 2 rings (SSSR count). The first-order valence-electron chi connectivity index (χ1n) is 5.88. The Labute approximate surface area is 119 Å². The van der Waals surface area contributed by atoms with E-state index in [-0.39, 0.29) is 22.8 Å². The van der Waals surface area contributed by atoms with Crippen molar-refractivity contribution in [1.82, 2.24) is 15.0 Å². The number of methoxy groups -OCH3 is 1. The summed E-state index contributed by atoms with van der Waals surface area (Å²) in [7, 11) is 4.03. The molecule has 0 bridgehead atoms. The molecule has 0 radical (unpaired) electrons. The van der Waals surface area contributed by atoms with E-state index in [1.165, 1.54) is 44.2 Å². The second kappa shape index (κ2) is 5.88. The van der Waals surface area contributed by atoms with Crippen molar-refractivity contribution >= 4 is 5.91 Å². The molecule has 0 fully saturated rings. The highest BCUT2D eigenvalue weighted by Gasteiger charge is 2.20. The Bertz CT molecular complexity index is 686. The molecular formula is C13H13F2N3O3. The zero-order chi connectivity index (χ0) is 15.6. The third-order valence-corrected chi connectivity index (χ3v) is 2.93. The number of benzene rings is 1. The van der Waals surface area contributed by atoms with Gasteiger partial charge in [-0.3, -0.25) is 9.63 Å². The smallest absolute Gasteiger partial charge is 0.310 e. The molecule has 1 N–H and O–H groups in total. The number of amides is 1. The lowest BCUT2D eigenvalue weighted by molar-refractivity contribution is 0.0523. The molecule has 0 atom stereocenters. The number of carbonyl (C=O) groups is 1. The van der Waals surface area contributed by atoms with Crippen molar-refractivity contribution in [2.45, 2.75) is 0 Å². The number of hydrogen-bond acceptors (Lipinski definition) is 4. The minimum Gasteiger partial charge on any atom is -0.494 e. The summed E-state index contributed by atoms with van der Waals surface area (Å²) in [4.78, 5) is 20.0. The summed E-state index contributed by atoms with van der Waals surface area (Å²) < 4.78 is 33.8. The van der Waals surface area contributed by atoms with E-state index in [0.717, 1.165) is 0 Å². The number of aromatic nitrogens is 2. The molecule has 2 aromatic rings. The van der Waals surface area contributed by atoms with E-state index in [4.69, 9.17) is 4.74 Å². The fourth-order valence-electron chi connectivity index (χ4n) is 1.90. The Morgan fingerprint density at radius 2 is 2.00 bits per heavy atom. The molecule has 0 unspecified atom stereocenters. The summed E-state index contributed by atoms with van der Waals surface area (Å²) in [6, 6.07) is 2.65. The Morgan fingerprint density at radius 1 is 1.29 bits per heavy atom. The molecule has 1 heterocycles. The first kappa shape index (κ1) is 14.9. The molecule has 0 aliphatic rings. The van der Waals surface area contributed by atoms with Gasteiger partial charge in [0.2, 0.25) is 11.6 Å². The summed E-state index contributed by atoms with van der Waals surface area (Å²) in [6.45, 7) is 0. The van der Waals surface area contributed by atoms with Gasteiger partial charge in [-0.1, -0.05) is 0 Å². The molecule has 1 aromatic carbocycles. The maximum Gasteiger partial charge on any atom is 0.310 e. The maximum absolute atomic E-state index is 14.1. The number of carbonyl (C=O) groups excluding carboxylic acids is 1. The number of ether oxygens (including phenoxy) is 1.